The number of ether oxygens (including phenoxy) is 1. The molecule has 1 heterocycles. The topological polar surface area (TPSA) is 48.3 Å². The number of likely N-dealkylation sites (tertiary alicyclic amines) is 1. The van der Waals surface area contributed by atoms with Gasteiger partial charge in [0.25, 0.3) is 0 Å². The normalized spacial score (nSPS) is 24.9. The van der Waals surface area contributed by atoms with Crippen LogP contribution in [-0.2, 0) is 4.74 Å². The lowest BCUT2D eigenvalue weighted by atomic mass is 9.93. The zero-order chi connectivity index (χ0) is 13.7. The molecule has 1 saturated carbocycles. The van der Waals surface area contributed by atoms with Crippen molar-refractivity contribution in [1.82, 2.24) is 10.2 Å². The van der Waals surface area contributed by atoms with Crippen molar-refractivity contribution in [3.8, 4) is 6.07 Å². The van der Waals surface area contributed by atoms with Gasteiger partial charge < -0.3 is 9.64 Å². The van der Waals surface area contributed by atoms with Gasteiger partial charge in [0, 0.05) is 26.2 Å². The summed E-state index contributed by atoms with van der Waals surface area (Å²) in [5, 5.41) is 13.1. The fraction of sp³-hybridized carbons (Fsp3) is 0.933. The summed E-state index contributed by atoms with van der Waals surface area (Å²) in [5.74, 6) is 0.557. The van der Waals surface area contributed by atoms with Gasteiger partial charge in [-0.15, -0.1) is 0 Å². The third kappa shape index (κ3) is 3.68. The first-order valence-electron chi connectivity index (χ1n) is 7.74. The Hall–Kier alpha value is -0.630. The maximum absolute atomic E-state index is 9.62. The van der Waals surface area contributed by atoms with Gasteiger partial charge >= 0.3 is 0 Å². The second-order valence-corrected chi connectivity index (χ2v) is 5.82. The molecule has 0 radical (unpaired) electrons. The van der Waals surface area contributed by atoms with Gasteiger partial charge in [-0.1, -0.05) is 6.92 Å². The van der Waals surface area contributed by atoms with Gasteiger partial charge in [0.1, 0.15) is 5.54 Å². The van der Waals surface area contributed by atoms with E-state index in [2.05, 4.69) is 30.1 Å². The van der Waals surface area contributed by atoms with E-state index in [1.165, 1.54) is 12.8 Å². The molecule has 1 atom stereocenters. The molecule has 2 fully saturated rings. The highest BCUT2D eigenvalue weighted by molar-refractivity contribution is 5.16. The van der Waals surface area contributed by atoms with E-state index in [4.69, 9.17) is 4.74 Å². The average molecular weight is 265 g/mol. The minimum Gasteiger partial charge on any atom is -0.378 e. The molecule has 0 aromatic heterocycles. The maximum atomic E-state index is 9.62. The van der Waals surface area contributed by atoms with Crippen LogP contribution in [0.3, 0.4) is 0 Å². The van der Waals surface area contributed by atoms with Crippen LogP contribution in [0.4, 0.5) is 0 Å². The molecule has 0 aromatic rings. The molecule has 4 nitrogen and oxygen atoms in total. The van der Waals surface area contributed by atoms with Gasteiger partial charge in [-0.25, -0.2) is 0 Å². The quantitative estimate of drug-likeness (QED) is 0.762. The number of piperidine rings is 1. The molecule has 0 amide bonds. The molecule has 1 N–H and O–H groups in total. The van der Waals surface area contributed by atoms with Crippen molar-refractivity contribution in [2.75, 3.05) is 32.8 Å². The predicted octanol–water partition coefficient (Wildman–Crippen LogP) is 1.77. The Labute approximate surface area is 117 Å². The van der Waals surface area contributed by atoms with Crippen LogP contribution in [-0.4, -0.2) is 49.3 Å². The number of hydrogen-bond donors (Lipinski definition) is 1. The molecule has 0 spiro atoms. The van der Waals surface area contributed by atoms with E-state index >= 15 is 0 Å². The number of nitrogens with one attached hydrogen (secondary N) is 1. The van der Waals surface area contributed by atoms with E-state index in [0.29, 0.717) is 12.0 Å². The smallest absolute Gasteiger partial charge is 0.122 e. The van der Waals surface area contributed by atoms with Gasteiger partial charge in [0.15, 0.2) is 0 Å². The van der Waals surface area contributed by atoms with Crippen molar-refractivity contribution in [1.29, 1.82) is 5.26 Å². The molecule has 108 valence electrons. The minimum atomic E-state index is -0.312. The van der Waals surface area contributed by atoms with E-state index in [0.717, 1.165) is 45.6 Å². The second-order valence-electron chi connectivity index (χ2n) is 5.82. The van der Waals surface area contributed by atoms with Gasteiger partial charge in [-0.2, -0.15) is 5.26 Å². The zero-order valence-corrected chi connectivity index (χ0v) is 12.3. The summed E-state index contributed by atoms with van der Waals surface area (Å²) in [6.07, 6.45) is 5.04. The maximum Gasteiger partial charge on any atom is 0.122 e. The summed E-state index contributed by atoms with van der Waals surface area (Å²) >= 11 is 0. The number of likely N-dealkylation sites (N-methyl/N-ethyl adjacent to an activating group) is 1. The molecule has 1 aliphatic carbocycles. The third-order valence-electron chi connectivity index (χ3n) is 4.38. The van der Waals surface area contributed by atoms with Crippen molar-refractivity contribution < 1.29 is 4.74 Å². The Morgan fingerprint density at radius 3 is 2.42 bits per heavy atom. The SMILES string of the molecule is CCNC(C#N)(CN1CCC(OCC)CC1)C1CC1. The highest BCUT2D eigenvalue weighted by Crippen LogP contribution is 2.40. The monoisotopic (exact) mass is 265 g/mol. The van der Waals surface area contributed by atoms with Crippen molar-refractivity contribution >= 4 is 0 Å². The summed E-state index contributed by atoms with van der Waals surface area (Å²) < 4.78 is 5.69. The van der Waals surface area contributed by atoms with Crippen LogP contribution >= 0.6 is 0 Å². The lowest BCUT2D eigenvalue weighted by molar-refractivity contribution is 0.00935. The fourth-order valence-corrected chi connectivity index (χ4v) is 3.21. The largest absolute Gasteiger partial charge is 0.378 e. The van der Waals surface area contributed by atoms with E-state index < -0.39 is 0 Å². The van der Waals surface area contributed by atoms with Crippen LogP contribution in [0.2, 0.25) is 0 Å². The van der Waals surface area contributed by atoms with Gasteiger partial charge in [-0.05, 0) is 45.1 Å². The van der Waals surface area contributed by atoms with E-state index in [-0.39, 0.29) is 5.54 Å². The number of hydrogen-bond acceptors (Lipinski definition) is 4. The Kier molecular flexibility index (Phi) is 5.20. The zero-order valence-electron chi connectivity index (χ0n) is 12.3. The van der Waals surface area contributed by atoms with Crippen molar-refractivity contribution in [2.24, 2.45) is 5.92 Å². The van der Waals surface area contributed by atoms with Gasteiger partial charge in [-0.3, -0.25) is 5.32 Å². The summed E-state index contributed by atoms with van der Waals surface area (Å²) in [4.78, 5) is 2.44. The Morgan fingerprint density at radius 2 is 1.95 bits per heavy atom. The minimum absolute atomic E-state index is 0.312. The molecular formula is C15H27N3O. The molecule has 19 heavy (non-hydrogen) atoms. The van der Waals surface area contributed by atoms with Crippen LogP contribution in [0.1, 0.15) is 39.5 Å². The van der Waals surface area contributed by atoms with Crippen LogP contribution in [0.25, 0.3) is 0 Å². The summed E-state index contributed by atoms with van der Waals surface area (Å²) in [6.45, 7) is 8.84. The number of rotatable bonds is 7. The molecule has 4 heteroatoms. The van der Waals surface area contributed by atoms with Crippen LogP contribution < -0.4 is 5.32 Å². The molecule has 2 rings (SSSR count). The lowest BCUT2D eigenvalue weighted by Gasteiger charge is -2.38. The molecule has 0 bridgehead atoms. The molecule has 1 unspecified atom stereocenters. The molecule has 0 aromatic carbocycles. The fourth-order valence-electron chi connectivity index (χ4n) is 3.21. The third-order valence-corrected chi connectivity index (χ3v) is 4.38. The lowest BCUT2D eigenvalue weighted by Crippen LogP contribution is -2.56. The van der Waals surface area contributed by atoms with Crippen LogP contribution in [0.15, 0.2) is 0 Å². The highest BCUT2D eigenvalue weighted by Gasteiger charge is 2.46. The van der Waals surface area contributed by atoms with Crippen LogP contribution in [0, 0.1) is 17.2 Å². The number of nitrogens with zero attached hydrogens (tertiary/aromatic N) is 2. The first kappa shape index (κ1) is 14.8. The van der Waals surface area contributed by atoms with Gasteiger partial charge in [0.2, 0.25) is 0 Å². The van der Waals surface area contributed by atoms with Crippen molar-refractivity contribution in [3.05, 3.63) is 0 Å². The Morgan fingerprint density at radius 1 is 1.26 bits per heavy atom. The molecule has 2 aliphatic rings. The Bertz CT molecular complexity index is 316. The molecular weight excluding hydrogens is 238 g/mol. The first-order valence-corrected chi connectivity index (χ1v) is 7.74. The summed E-state index contributed by atoms with van der Waals surface area (Å²) in [6, 6.07) is 2.58. The van der Waals surface area contributed by atoms with E-state index in [9.17, 15) is 5.26 Å². The first-order chi connectivity index (χ1) is 9.24. The molecule has 1 aliphatic heterocycles. The van der Waals surface area contributed by atoms with Gasteiger partial charge in [0.05, 0.1) is 12.2 Å². The van der Waals surface area contributed by atoms with E-state index in [1.807, 2.05) is 0 Å². The summed E-state index contributed by atoms with van der Waals surface area (Å²) in [7, 11) is 0. The highest BCUT2D eigenvalue weighted by atomic mass is 16.5. The van der Waals surface area contributed by atoms with Crippen molar-refractivity contribution in [3.63, 3.8) is 0 Å². The average Bonchev–Trinajstić information content (AvgIpc) is 3.25. The second kappa shape index (κ2) is 6.69. The standard InChI is InChI=1S/C15H27N3O/c1-3-17-15(11-16,13-5-6-13)12-18-9-7-14(8-10-18)19-4-2/h13-14,17H,3-10,12H2,1-2H3. The predicted molar refractivity (Wildman–Crippen MR) is 75.8 cm³/mol. The number of nitriles is 1. The van der Waals surface area contributed by atoms with Crippen molar-refractivity contribution in [2.45, 2.75) is 51.2 Å². The van der Waals surface area contributed by atoms with Crippen LogP contribution in [0.5, 0.6) is 0 Å². The molecule has 1 saturated heterocycles. The summed E-state index contributed by atoms with van der Waals surface area (Å²) in [5.41, 5.74) is -0.312. The van der Waals surface area contributed by atoms with E-state index in [1.54, 1.807) is 0 Å². The Balaban J connectivity index is 1.87.